The molecule has 2 atom stereocenters. The monoisotopic (exact) mass is 336 g/mol. The number of carbonyl (C=O) groups excluding carboxylic acids is 2. The number of benzene rings is 2. The maximum absolute atomic E-state index is 12.5. The molecule has 4 heteroatoms. The van der Waals surface area contributed by atoms with E-state index in [4.69, 9.17) is 0 Å². The van der Waals surface area contributed by atoms with Gasteiger partial charge in [-0.25, -0.2) is 0 Å². The Morgan fingerprint density at radius 3 is 2.72 bits per heavy atom. The van der Waals surface area contributed by atoms with E-state index >= 15 is 0 Å². The van der Waals surface area contributed by atoms with E-state index in [2.05, 4.69) is 22.8 Å². The Bertz CT molecular complexity index is 785. The summed E-state index contributed by atoms with van der Waals surface area (Å²) in [5.41, 5.74) is 4.08. The fraction of sp³-hybridized carbons (Fsp3) is 0.333. The fourth-order valence-electron chi connectivity index (χ4n) is 3.33. The van der Waals surface area contributed by atoms with Gasteiger partial charge in [-0.1, -0.05) is 42.0 Å². The summed E-state index contributed by atoms with van der Waals surface area (Å²) in [4.78, 5) is 24.8. The molecule has 0 saturated carbocycles. The maximum atomic E-state index is 12.5. The van der Waals surface area contributed by atoms with E-state index in [0.29, 0.717) is 5.56 Å². The van der Waals surface area contributed by atoms with E-state index in [0.717, 1.165) is 24.8 Å². The number of rotatable bonds is 4. The summed E-state index contributed by atoms with van der Waals surface area (Å²) in [7, 11) is 0. The van der Waals surface area contributed by atoms with Gasteiger partial charge in [-0.2, -0.15) is 0 Å². The molecule has 130 valence electrons. The zero-order valence-electron chi connectivity index (χ0n) is 14.7. The number of fused-ring (bicyclic) bond motifs is 1. The molecule has 2 N–H and O–H groups in total. The van der Waals surface area contributed by atoms with Gasteiger partial charge in [0.25, 0.3) is 5.91 Å². The SMILES string of the molecule is Cc1cccc(C(=O)NC(C)C(=O)NC2CCCc3ccccc32)c1. The van der Waals surface area contributed by atoms with Gasteiger partial charge < -0.3 is 10.6 Å². The summed E-state index contributed by atoms with van der Waals surface area (Å²) in [6.07, 6.45) is 3.05. The van der Waals surface area contributed by atoms with Gasteiger partial charge in [-0.05, 0) is 56.4 Å². The molecular formula is C21H24N2O2. The smallest absolute Gasteiger partial charge is 0.251 e. The van der Waals surface area contributed by atoms with Gasteiger partial charge in [0.1, 0.15) is 6.04 Å². The van der Waals surface area contributed by atoms with Gasteiger partial charge in [-0.3, -0.25) is 9.59 Å². The van der Waals surface area contributed by atoms with Crippen molar-refractivity contribution in [2.75, 3.05) is 0 Å². The molecule has 0 aromatic heterocycles. The summed E-state index contributed by atoms with van der Waals surface area (Å²) in [6.45, 7) is 3.66. The summed E-state index contributed by atoms with van der Waals surface area (Å²) < 4.78 is 0. The summed E-state index contributed by atoms with van der Waals surface area (Å²) in [5.74, 6) is -0.377. The third kappa shape index (κ3) is 4.08. The Balaban J connectivity index is 1.63. The second kappa shape index (κ2) is 7.51. The summed E-state index contributed by atoms with van der Waals surface area (Å²) >= 11 is 0. The number of hydrogen-bond acceptors (Lipinski definition) is 2. The largest absolute Gasteiger partial charge is 0.348 e. The highest BCUT2D eigenvalue weighted by Gasteiger charge is 2.24. The Morgan fingerprint density at radius 1 is 1.12 bits per heavy atom. The van der Waals surface area contributed by atoms with Crippen LogP contribution >= 0.6 is 0 Å². The van der Waals surface area contributed by atoms with Crippen LogP contribution in [0, 0.1) is 6.92 Å². The van der Waals surface area contributed by atoms with Crippen LogP contribution in [-0.4, -0.2) is 17.9 Å². The quantitative estimate of drug-likeness (QED) is 0.900. The molecule has 2 amide bonds. The Hall–Kier alpha value is -2.62. The van der Waals surface area contributed by atoms with Crippen molar-refractivity contribution >= 4 is 11.8 Å². The average molecular weight is 336 g/mol. The minimum atomic E-state index is -0.581. The molecule has 0 heterocycles. The third-order valence-electron chi connectivity index (χ3n) is 4.71. The van der Waals surface area contributed by atoms with Gasteiger partial charge in [-0.15, -0.1) is 0 Å². The van der Waals surface area contributed by atoms with Crippen LogP contribution in [0.3, 0.4) is 0 Å². The normalized spacial score (nSPS) is 17.3. The highest BCUT2D eigenvalue weighted by molar-refractivity contribution is 5.97. The third-order valence-corrected chi connectivity index (χ3v) is 4.71. The number of nitrogens with one attached hydrogen (secondary N) is 2. The van der Waals surface area contributed by atoms with Crippen molar-refractivity contribution in [1.82, 2.24) is 10.6 Å². The van der Waals surface area contributed by atoms with E-state index in [-0.39, 0.29) is 17.9 Å². The molecular weight excluding hydrogens is 312 g/mol. The molecule has 0 saturated heterocycles. The predicted molar refractivity (Wildman–Crippen MR) is 98.4 cm³/mol. The lowest BCUT2D eigenvalue weighted by Crippen LogP contribution is -2.46. The molecule has 0 aliphatic heterocycles. The predicted octanol–water partition coefficient (Wildman–Crippen LogP) is 3.31. The Kier molecular flexibility index (Phi) is 5.17. The lowest BCUT2D eigenvalue weighted by molar-refractivity contribution is -0.123. The van der Waals surface area contributed by atoms with Crippen molar-refractivity contribution in [3.8, 4) is 0 Å². The second-order valence-electron chi connectivity index (χ2n) is 6.72. The van der Waals surface area contributed by atoms with Crippen molar-refractivity contribution < 1.29 is 9.59 Å². The zero-order valence-corrected chi connectivity index (χ0v) is 14.7. The molecule has 25 heavy (non-hydrogen) atoms. The molecule has 0 fully saturated rings. The van der Waals surface area contributed by atoms with Crippen molar-refractivity contribution in [2.24, 2.45) is 0 Å². The van der Waals surface area contributed by atoms with Gasteiger partial charge in [0.2, 0.25) is 5.91 Å². The first-order valence-corrected chi connectivity index (χ1v) is 8.80. The number of carbonyl (C=O) groups is 2. The molecule has 1 aliphatic rings. The van der Waals surface area contributed by atoms with E-state index in [1.807, 2.05) is 37.3 Å². The zero-order chi connectivity index (χ0) is 17.8. The molecule has 2 aromatic carbocycles. The lowest BCUT2D eigenvalue weighted by Gasteiger charge is -2.27. The molecule has 3 rings (SSSR count). The first kappa shape index (κ1) is 17.2. The number of amides is 2. The minimum absolute atomic E-state index is 0.0239. The van der Waals surface area contributed by atoms with Crippen LogP contribution in [0.15, 0.2) is 48.5 Å². The van der Waals surface area contributed by atoms with E-state index in [1.54, 1.807) is 13.0 Å². The van der Waals surface area contributed by atoms with Crippen LogP contribution in [0.5, 0.6) is 0 Å². The number of hydrogen-bond donors (Lipinski definition) is 2. The molecule has 0 bridgehead atoms. The second-order valence-corrected chi connectivity index (χ2v) is 6.72. The van der Waals surface area contributed by atoms with Crippen LogP contribution in [0.2, 0.25) is 0 Å². The van der Waals surface area contributed by atoms with Gasteiger partial charge in [0, 0.05) is 5.56 Å². The lowest BCUT2D eigenvalue weighted by atomic mass is 9.87. The van der Waals surface area contributed by atoms with E-state index < -0.39 is 6.04 Å². The maximum Gasteiger partial charge on any atom is 0.251 e. The van der Waals surface area contributed by atoms with Crippen molar-refractivity contribution in [3.63, 3.8) is 0 Å². The summed E-state index contributed by atoms with van der Waals surface area (Å²) in [5, 5.41) is 5.88. The molecule has 4 nitrogen and oxygen atoms in total. The van der Waals surface area contributed by atoms with Crippen LogP contribution in [0.25, 0.3) is 0 Å². The first-order valence-electron chi connectivity index (χ1n) is 8.80. The summed E-state index contributed by atoms with van der Waals surface area (Å²) in [6, 6.07) is 15.0. The first-order chi connectivity index (χ1) is 12.0. The topological polar surface area (TPSA) is 58.2 Å². The van der Waals surface area contributed by atoms with Gasteiger partial charge in [0.05, 0.1) is 6.04 Å². The molecule has 2 aromatic rings. The van der Waals surface area contributed by atoms with E-state index in [1.165, 1.54) is 11.1 Å². The van der Waals surface area contributed by atoms with Gasteiger partial charge >= 0.3 is 0 Å². The van der Waals surface area contributed by atoms with E-state index in [9.17, 15) is 9.59 Å². The van der Waals surface area contributed by atoms with Crippen LogP contribution in [0.1, 0.15) is 52.9 Å². The van der Waals surface area contributed by atoms with Crippen LogP contribution < -0.4 is 10.6 Å². The molecule has 2 unspecified atom stereocenters. The molecule has 0 radical (unpaired) electrons. The van der Waals surface area contributed by atoms with Crippen LogP contribution in [0.4, 0.5) is 0 Å². The fourth-order valence-corrected chi connectivity index (χ4v) is 3.33. The minimum Gasteiger partial charge on any atom is -0.348 e. The highest BCUT2D eigenvalue weighted by atomic mass is 16.2. The van der Waals surface area contributed by atoms with Crippen molar-refractivity contribution in [1.29, 1.82) is 0 Å². The average Bonchev–Trinajstić information content (AvgIpc) is 2.62. The Morgan fingerprint density at radius 2 is 1.92 bits per heavy atom. The standard InChI is InChI=1S/C21H24N2O2/c1-14-7-5-10-17(13-14)21(25)22-15(2)20(24)23-19-12-6-9-16-8-3-4-11-18(16)19/h3-5,7-8,10-11,13,15,19H,6,9,12H2,1-2H3,(H,22,25)(H,23,24). The van der Waals surface area contributed by atoms with Gasteiger partial charge in [0.15, 0.2) is 0 Å². The van der Waals surface area contributed by atoms with Crippen molar-refractivity contribution in [2.45, 2.75) is 45.2 Å². The molecule has 1 aliphatic carbocycles. The van der Waals surface area contributed by atoms with Crippen molar-refractivity contribution in [3.05, 3.63) is 70.8 Å². The number of aryl methyl sites for hydroxylation is 2. The highest BCUT2D eigenvalue weighted by Crippen LogP contribution is 2.29. The van der Waals surface area contributed by atoms with Crippen LogP contribution in [-0.2, 0) is 11.2 Å². The molecule has 0 spiro atoms. The Labute approximate surface area is 148 Å².